The van der Waals surface area contributed by atoms with E-state index in [1.54, 1.807) is 0 Å². The quantitative estimate of drug-likeness (QED) is 0.172. The lowest BCUT2D eigenvalue weighted by Gasteiger charge is -2.28. The van der Waals surface area contributed by atoms with Crippen molar-refractivity contribution >= 4 is 46.3 Å². The van der Waals surface area contributed by atoms with Crippen molar-refractivity contribution < 1.29 is 0 Å². The fraction of sp³-hybridized carbons (Fsp3) is 0.0732. The van der Waals surface area contributed by atoms with Crippen molar-refractivity contribution in [3.8, 4) is 0 Å². The summed E-state index contributed by atoms with van der Waals surface area (Å²) in [5, 5.41) is 0. The number of para-hydroxylation sites is 4. The van der Waals surface area contributed by atoms with Gasteiger partial charge in [0.05, 0.1) is 0 Å². The second kappa shape index (κ2) is 12.7. The van der Waals surface area contributed by atoms with Crippen LogP contribution in [0.5, 0.6) is 0 Å². The number of hydrogen-bond donors (Lipinski definition) is 0. The van der Waals surface area contributed by atoms with Gasteiger partial charge in [-0.1, -0.05) is 109 Å². The maximum Gasteiger partial charge on any atom is 0.0490 e. The Morgan fingerprint density at radius 1 is 0.326 bits per heavy atom. The van der Waals surface area contributed by atoms with Gasteiger partial charge in [0.2, 0.25) is 0 Å². The summed E-state index contributed by atoms with van der Waals surface area (Å²) in [6.45, 7) is 6.50. The van der Waals surface area contributed by atoms with E-state index in [-0.39, 0.29) is 0 Å². The van der Waals surface area contributed by atoms with E-state index in [4.69, 9.17) is 0 Å². The van der Waals surface area contributed by atoms with Crippen molar-refractivity contribution in [2.75, 3.05) is 9.80 Å². The summed E-state index contributed by atoms with van der Waals surface area (Å²) in [6, 6.07) is 53.8. The minimum Gasteiger partial charge on any atom is -0.310 e. The molecule has 0 radical (unpaired) electrons. The van der Waals surface area contributed by atoms with Crippen molar-refractivity contribution in [1.82, 2.24) is 0 Å². The van der Waals surface area contributed by atoms with Crippen molar-refractivity contribution in [3.05, 3.63) is 179 Å². The standard InChI is InChI=1S/C41H36N2/c1-31-13-7-10-18-39(31)42(36-16-5-4-6-17-36)37-27-23-34(24-28-37)21-22-35-25-29-38(30-26-35)43(40-19-11-8-14-32(40)2)41-20-12-9-15-33(41)3/h4-30H,1-3H3. The first-order valence-electron chi connectivity index (χ1n) is 14.8. The second-order valence-corrected chi connectivity index (χ2v) is 10.9. The van der Waals surface area contributed by atoms with Gasteiger partial charge in [0.1, 0.15) is 0 Å². The monoisotopic (exact) mass is 556 g/mol. The third kappa shape index (κ3) is 6.14. The molecule has 2 heteroatoms. The zero-order valence-corrected chi connectivity index (χ0v) is 25.0. The first kappa shape index (κ1) is 27.8. The third-order valence-corrected chi connectivity index (χ3v) is 7.85. The highest BCUT2D eigenvalue weighted by molar-refractivity contribution is 5.82. The minimum atomic E-state index is 1.13. The Labute approximate surface area is 255 Å². The number of nitrogens with zero attached hydrogens (tertiary/aromatic N) is 2. The molecule has 6 aromatic rings. The van der Waals surface area contributed by atoms with Gasteiger partial charge in [-0.3, -0.25) is 0 Å². The Morgan fingerprint density at radius 3 is 1.07 bits per heavy atom. The van der Waals surface area contributed by atoms with Gasteiger partial charge in [0.25, 0.3) is 0 Å². The molecule has 6 aromatic carbocycles. The molecule has 0 saturated heterocycles. The smallest absolute Gasteiger partial charge is 0.0490 e. The summed E-state index contributed by atoms with van der Waals surface area (Å²) in [5.74, 6) is 0. The first-order chi connectivity index (χ1) is 21.1. The number of anilines is 6. The molecule has 0 heterocycles. The molecule has 2 nitrogen and oxygen atoms in total. The van der Waals surface area contributed by atoms with Crippen LogP contribution in [0.2, 0.25) is 0 Å². The van der Waals surface area contributed by atoms with E-state index in [0.717, 1.165) is 28.2 Å². The van der Waals surface area contributed by atoms with Crippen LogP contribution in [0.1, 0.15) is 27.8 Å². The lowest BCUT2D eigenvalue weighted by atomic mass is 10.1. The topological polar surface area (TPSA) is 6.48 Å². The Balaban J connectivity index is 1.26. The highest BCUT2D eigenvalue weighted by Gasteiger charge is 2.16. The van der Waals surface area contributed by atoms with E-state index >= 15 is 0 Å². The molecule has 0 aliphatic heterocycles. The van der Waals surface area contributed by atoms with Gasteiger partial charge in [0.15, 0.2) is 0 Å². The van der Waals surface area contributed by atoms with Gasteiger partial charge in [-0.25, -0.2) is 0 Å². The second-order valence-electron chi connectivity index (χ2n) is 10.9. The van der Waals surface area contributed by atoms with Crippen molar-refractivity contribution in [2.24, 2.45) is 0 Å². The number of benzene rings is 6. The number of rotatable bonds is 8. The molecule has 6 rings (SSSR count). The fourth-order valence-electron chi connectivity index (χ4n) is 5.52. The van der Waals surface area contributed by atoms with Crippen LogP contribution in [-0.2, 0) is 0 Å². The molecule has 0 aromatic heterocycles. The molecule has 0 spiro atoms. The van der Waals surface area contributed by atoms with E-state index in [1.165, 1.54) is 33.8 Å². The van der Waals surface area contributed by atoms with E-state index in [1.807, 2.05) is 0 Å². The maximum absolute atomic E-state index is 2.35. The lowest BCUT2D eigenvalue weighted by molar-refractivity contribution is 1.22. The van der Waals surface area contributed by atoms with E-state index < -0.39 is 0 Å². The fourth-order valence-corrected chi connectivity index (χ4v) is 5.52. The average Bonchev–Trinajstić information content (AvgIpc) is 3.05. The molecule has 0 saturated carbocycles. The molecule has 0 amide bonds. The van der Waals surface area contributed by atoms with Crippen LogP contribution in [-0.4, -0.2) is 0 Å². The average molecular weight is 557 g/mol. The molecule has 210 valence electrons. The summed E-state index contributed by atoms with van der Waals surface area (Å²) in [5.41, 5.74) is 13.0. The zero-order valence-electron chi connectivity index (χ0n) is 25.0. The van der Waals surface area contributed by atoms with Crippen LogP contribution in [0.3, 0.4) is 0 Å². The van der Waals surface area contributed by atoms with E-state index in [2.05, 4.69) is 194 Å². The van der Waals surface area contributed by atoms with Crippen LogP contribution >= 0.6 is 0 Å². The molecule has 0 atom stereocenters. The minimum absolute atomic E-state index is 1.13. The molecule has 43 heavy (non-hydrogen) atoms. The first-order valence-corrected chi connectivity index (χ1v) is 14.8. The predicted molar refractivity (Wildman–Crippen MR) is 185 cm³/mol. The normalized spacial score (nSPS) is 11.0. The van der Waals surface area contributed by atoms with E-state index in [0.29, 0.717) is 0 Å². The largest absolute Gasteiger partial charge is 0.310 e. The molecule has 0 N–H and O–H groups in total. The highest BCUT2D eigenvalue weighted by atomic mass is 15.1. The number of hydrogen-bond acceptors (Lipinski definition) is 2. The molecule has 0 aliphatic carbocycles. The van der Waals surface area contributed by atoms with Gasteiger partial charge >= 0.3 is 0 Å². The number of aryl methyl sites for hydroxylation is 3. The van der Waals surface area contributed by atoms with Gasteiger partial charge in [-0.2, -0.15) is 0 Å². The molecule has 0 unspecified atom stereocenters. The van der Waals surface area contributed by atoms with Crippen molar-refractivity contribution in [2.45, 2.75) is 20.8 Å². The van der Waals surface area contributed by atoms with E-state index in [9.17, 15) is 0 Å². The zero-order chi connectivity index (χ0) is 29.6. The predicted octanol–water partition coefficient (Wildman–Crippen LogP) is 11.7. The Kier molecular flexibility index (Phi) is 8.19. The summed E-state index contributed by atoms with van der Waals surface area (Å²) in [4.78, 5) is 4.67. The SMILES string of the molecule is Cc1ccccc1N(c1ccccc1)c1ccc(C=Cc2ccc(N(c3ccccc3C)c3ccccc3C)cc2)cc1. The Bertz CT molecular complexity index is 1790. The third-order valence-electron chi connectivity index (χ3n) is 7.85. The van der Waals surface area contributed by atoms with Gasteiger partial charge in [-0.15, -0.1) is 0 Å². The van der Waals surface area contributed by atoms with Crippen molar-refractivity contribution in [1.29, 1.82) is 0 Å². The lowest BCUT2D eigenvalue weighted by Crippen LogP contribution is -2.12. The Morgan fingerprint density at radius 2 is 0.651 bits per heavy atom. The summed E-state index contributed by atoms with van der Waals surface area (Å²) in [7, 11) is 0. The van der Waals surface area contributed by atoms with Gasteiger partial charge < -0.3 is 9.80 Å². The summed E-state index contributed by atoms with van der Waals surface area (Å²) >= 11 is 0. The van der Waals surface area contributed by atoms with Crippen LogP contribution in [0.15, 0.2) is 152 Å². The Hall–Kier alpha value is -5.34. The molecular formula is C41H36N2. The molecular weight excluding hydrogens is 520 g/mol. The van der Waals surface area contributed by atoms with Gasteiger partial charge in [-0.05, 0) is 103 Å². The van der Waals surface area contributed by atoms with Crippen LogP contribution in [0.4, 0.5) is 34.1 Å². The highest BCUT2D eigenvalue weighted by Crippen LogP contribution is 2.39. The molecule has 0 fully saturated rings. The molecule has 0 aliphatic rings. The summed E-state index contributed by atoms with van der Waals surface area (Å²) < 4.78 is 0. The van der Waals surface area contributed by atoms with Crippen LogP contribution in [0, 0.1) is 20.8 Å². The van der Waals surface area contributed by atoms with Crippen molar-refractivity contribution in [3.63, 3.8) is 0 Å². The molecule has 0 bridgehead atoms. The van der Waals surface area contributed by atoms with Gasteiger partial charge in [0, 0.05) is 34.1 Å². The van der Waals surface area contributed by atoms with Crippen LogP contribution in [0.25, 0.3) is 12.2 Å². The summed E-state index contributed by atoms with van der Waals surface area (Å²) in [6.07, 6.45) is 4.36. The van der Waals surface area contributed by atoms with Crippen LogP contribution < -0.4 is 9.80 Å². The maximum atomic E-state index is 2.35.